The summed E-state index contributed by atoms with van der Waals surface area (Å²) >= 11 is 0. The van der Waals surface area contributed by atoms with Gasteiger partial charge < -0.3 is 19.2 Å². The molecule has 0 aliphatic heterocycles. The molecule has 1 N–H and O–H groups in total. The Balaban J connectivity index is 2.14. The molecule has 1 aromatic carbocycles. The van der Waals surface area contributed by atoms with Gasteiger partial charge >= 0.3 is 0 Å². The molecule has 24 heavy (non-hydrogen) atoms. The number of carbonyl (C=O) groups is 1. The quantitative estimate of drug-likeness (QED) is 0.880. The molecule has 1 heterocycles. The summed E-state index contributed by atoms with van der Waals surface area (Å²) in [7, 11) is 3.15. The predicted octanol–water partition coefficient (Wildman–Crippen LogP) is 2.90. The van der Waals surface area contributed by atoms with Crippen molar-refractivity contribution in [3.05, 3.63) is 41.1 Å². The highest BCUT2D eigenvalue weighted by molar-refractivity contribution is 5.87. The molecule has 0 saturated carbocycles. The SMILES string of the molecule is COc1ccc(C(C)(C)C(=O)NCc2nc(C)c(C)o2)cc1OC. The van der Waals surface area contributed by atoms with E-state index in [1.165, 1.54) is 0 Å². The minimum absolute atomic E-state index is 0.122. The number of nitrogens with zero attached hydrogens (tertiary/aromatic N) is 1. The van der Waals surface area contributed by atoms with E-state index in [2.05, 4.69) is 10.3 Å². The zero-order valence-corrected chi connectivity index (χ0v) is 15.0. The summed E-state index contributed by atoms with van der Waals surface area (Å²) < 4.78 is 16.0. The van der Waals surface area contributed by atoms with Gasteiger partial charge in [-0.25, -0.2) is 4.98 Å². The maximum atomic E-state index is 12.6. The summed E-state index contributed by atoms with van der Waals surface area (Å²) in [5.74, 6) is 2.36. The molecule has 130 valence electrons. The van der Waals surface area contributed by atoms with Crippen LogP contribution in [0.4, 0.5) is 0 Å². The fourth-order valence-corrected chi connectivity index (χ4v) is 2.35. The topological polar surface area (TPSA) is 73.6 Å². The number of carbonyl (C=O) groups excluding carboxylic acids is 1. The van der Waals surface area contributed by atoms with Crippen molar-refractivity contribution in [1.82, 2.24) is 10.3 Å². The fraction of sp³-hybridized carbons (Fsp3) is 0.444. The number of methoxy groups -OCH3 is 2. The van der Waals surface area contributed by atoms with Gasteiger partial charge in [-0.2, -0.15) is 0 Å². The maximum absolute atomic E-state index is 12.6. The standard InChI is InChI=1S/C18H24N2O4/c1-11-12(2)24-16(20-11)10-19-17(21)18(3,4)13-7-8-14(22-5)15(9-13)23-6/h7-9H,10H2,1-6H3,(H,19,21). The van der Waals surface area contributed by atoms with E-state index in [-0.39, 0.29) is 12.5 Å². The van der Waals surface area contributed by atoms with E-state index in [0.29, 0.717) is 17.4 Å². The second kappa shape index (κ2) is 6.95. The predicted molar refractivity (Wildman–Crippen MR) is 90.4 cm³/mol. The van der Waals surface area contributed by atoms with Crippen molar-refractivity contribution in [2.24, 2.45) is 0 Å². The lowest BCUT2D eigenvalue weighted by molar-refractivity contribution is -0.125. The lowest BCUT2D eigenvalue weighted by atomic mass is 9.83. The van der Waals surface area contributed by atoms with Crippen molar-refractivity contribution in [1.29, 1.82) is 0 Å². The first-order valence-corrected chi connectivity index (χ1v) is 7.73. The summed E-state index contributed by atoms with van der Waals surface area (Å²) in [5.41, 5.74) is 0.923. The van der Waals surface area contributed by atoms with Crippen LogP contribution in [-0.4, -0.2) is 25.1 Å². The highest BCUT2D eigenvalue weighted by Crippen LogP contribution is 2.33. The molecule has 6 nitrogen and oxygen atoms in total. The number of aromatic nitrogens is 1. The third kappa shape index (κ3) is 3.53. The number of benzene rings is 1. The van der Waals surface area contributed by atoms with Crippen molar-refractivity contribution in [2.45, 2.75) is 39.7 Å². The number of oxazole rings is 1. The lowest BCUT2D eigenvalue weighted by Gasteiger charge is -2.24. The van der Waals surface area contributed by atoms with Crippen LogP contribution >= 0.6 is 0 Å². The third-order valence-corrected chi connectivity index (χ3v) is 4.15. The highest BCUT2D eigenvalue weighted by Gasteiger charge is 2.30. The Hall–Kier alpha value is -2.50. The average molecular weight is 332 g/mol. The Bertz CT molecular complexity index is 715. The van der Waals surface area contributed by atoms with Crippen LogP contribution in [0.5, 0.6) is 11.5 Å². The minimum atomic E-state index is -0.740. The molecule has 6 heteroatoms. The largest absolute Gasteiger partial charge is 0.493 e. The number of ether oxygens (including phenoxy) is 2. The van der Waals surface area contributed by atoms with Crippen molar-refractivity contribution >= 4 is 5.91 Å². The van der Waals surface area contributed by atoms with Crippen LogP contribution in [0.1, 0.15) is 36.8 Å². The van der Waals surface area contributed by atoms with E-state index in [4.69, 9.17) is 13.9 Å². The molecule has 0 aliphatic rings. The van der Waals surface area contributed by atoms with E-state index < -0.39 is 5.41 Å². The van der Waals surface area contributed by atoms with Gasteiger partial charge in [0.25, 0.3) is 0 Å². The molecule has 0 bridgehead atoms. The molecule has 1 aromatic heterocycles. The highest BCUT2D eigenvalue weighted by atomic mass is 16.5. The minimum Gasteiger partial charge on any atom is -0.493 e. The normalized spacial score (nSPS) is 11.2. The van der Waals surface area contributed by atoms with Gasteiger partial charge in [-0.15, -0.1) is 0 Å². The Morgan fingerprint density at radius 3 is 2.42 bits per heavy atom. The van der Waals surface area contributed by atoms with Crippen LogP contribution in [0, 0.1) is 13.8 Å². The molecule has 0 atom stereocenters. The van der Waals surface area contributed by atoms with Gasteiger partial charge in [-0.3, -0.25) is 4.79 Å². The molecule has 1 amide bonds. The van der Waals surface area contributed by atoms with Crippen LogP contribution in [0.3, 0.4) is 0 Å². The second-order valence-electron chi connectivity index (χ2n) is 6.13. The Morgan fingerprint density at radius 1 is 1.21 bits per heavy atom. The average Bonchev–Trinajstić information content (AvgIpc) is 2.89. The molecular weight excluding hydrogens is 308 g/mol. The van der Waals surface area contributed by atoms with Crippen molar-refractivity contribution in [2.75, 3.05) is 14.2 Å². The van der Waals surface area contributed by atoms with E-state index in [0.717, 1.165) is 17.0 Å². The van der Waals surface area contributed by atoms with Crippen LogP contribution in [0.25, 0.3) is 0 Å². The smallest absolute Gasteiger partial charge is 0.230 e. The van der Waals surface area contributed by atoms with E-state index in [9.17, 15) is 4.79 Å². The number of aryl methyl sites for hydroxylation is 2. The van der Waals surface area contributed by atoms with Crippen LogP contribution < -0.4 is 14.8 Å². The van der Waals surface area contributed by atoms with Gasteiger partial charge in [0.2, 0.25) is 11.8 Å². The van der Waals surface area contributed by atoms with Gasteiger partial charge in [0, 0.05) is 0 Å². The first kappa shape index (κ1) is 17.8. The molecule has 0 spiro atoms. The van der Waals surface area contributed by atoms with Gasteiger partial charge in [-0.1, -0.05) is 6.07 Å². The van der Waals surface area contributed by atoms with E-state index >= 15 is 0 Å². The van der Waals surface area contributed by atoms with Crippen LogP contribution in [0.15, 0.2) is 22.6 Å². The number of amides is 1. The summed E-state index contributed by atoms with van der Waals surface area (Å²) in [5, 5.41) is 2.88. The summed E-state index contributed by atoms with van der Waals surface area (Å²) in [6, 6.07) is 5.47. The zero-order valence-electron chi connectivity index (χ0n) is 15.0. The monoisotopic (exact) mass is 332 g/mol. The fourth-order valence-electron chi connectivity index (χ4n) is 2.35. The molecule has 2 rings (SSSR count). The molecular formula is C18H24N2O4. The van der Waals surface area contributed by atoms with Gasteiger partial charge in [0.1, 0.15) is 5.76 Å². The van der Waals surface area contributed by atoms with Gasteiger partial charge in [0.05, 0.1) is 31.9 Å². The van der Waals surface area contributed by atoms with Crippen molar-refractivity contribution in [3.63, 3.8) is 0 Å². The van der Waals surface area contributed by atoms with Crippen LogP contribution in [0.2, 0.25) is 0 Å². The Morgan fingerprint density at radius 2 is 1.88 bits per heavy atom. The molecule has 0 aliphatic carbocycles. The van der Waals surface area contributed by atoms with E-state index in [1.54, 1.807) is 20.3 Å². The maximum Gasteiger partial charge on any atom is 0.230 e. The molecule has 0 saturated heterocycles. The molecule has 0 radical (unpaired) electrons. The first-order valence-electron chi connectivity index (χ1n) is 7.73. The van der Waals surface area contributed by atoms with Crippen molar-refractivity contribution in [3.8, 4) is 11.5 Å². The van der Waals surface area contributed by atoms with Gasteiger partial charge in [-0.05, 0) is 45.4 Å². The number of hydrogen-bond acceptors (Lipinski definition) is 5. The number of hydrogen-bond donors (Lipinski definition) is 1. The summed E-state index contributed by atoms with van der Waals surface area (Å²) in [6.07, 6.45) is 0. The Kier molecular flexibility index (Phi) is 5.17. The second-order valence-corrected chi connectivity index (χ2v) is 6.13. The molecule has 0 unspecified atom stereocenters. The number of rotatable bonds is 6. The summed E-state index contributed by atoms with van der Waals surface area (Å²) in [6.45, 7) is 7.69. The number of nitrogens with one attached hydrogen (secondary N) is 1. The zero-order chi connectivity index (χ0) is 17.9. The first-order chi connectivity index (χ1) is 11.3. The molecule has 0 fully saturated rings. The Labute approximate surface area is 142 Å². The third-order valence-electron chi connectivity index (χ3n) is 4.15. The van der Waals surface area contributed by atoms with E-state index in [1.807, 2.05) is 39.8 Å². The van der Waals surface area contributed by atoms with Gasteiger partial charge in [0.15, 0.2) is 11.5 Å². The van der Waals surface area contributed by atoms with Crippen molar-refractivity contribution < 1.29 is 18.7 Å². The molecule has 2 aromatic rings. The van der Waals surface area contributed by atoms with Crippen LogP contribution in [-0.2, 0) is 16.8 Å². The lowest BCUT2D eigenvalue weighted by Crippen LogP contribution is -2.39. The summed E-state index contributed by atoms with van der Waals surface area (Å²) in [4.78, 5) is 16.9.